The lowest BCUT2D eigenvalue weighted by atomic mass is 10.1. The van der Waals surface area contributed by atoms with Crippen LogP contribution in [0.25, 0.3) is 0 Å². The summed E-state index contributed by atoms with van der Waals surface area (Å²) in [5.74, 6) is -0.380. The third-order valence-corrected chi connectivity index (χ3v) is 4.63. The highest BCUT2D eigenvalue weighted by Gasteiger charge is 2.37. The number of nitrogens with one attached hydrogen (secondary N) is 2. The van der Waals surface area contributed by atoms with Gasteiger partial charge >= 0.3 is 12.1 Å². The fourth-order valence-corrected chi connectivity index (χ4v) is 2.92. The normalized spacial score (nSPS) is 14.8. The Bertz CT molecular complexity index is 964. The maximum atomic E-state index is 13.3. The molecule has 3 rings (SSSR count). The van der Waals surface area contributed by atoms with E-state index < -0.39 is 23.8 Å². The van der Waals surface area contributed by atoms with Crippen LogP contribution >= 0.6 is 0 Å². The summed E-state index contributed by atoms with van der Waals surface area (Å²) in [5, 5.41) is 5.69. The predicted molar refractivity (Wildman–Crippen MR) is 113 cm³/mol. The van der Waals surface area contributed by atoms with E-state index in [-0.39, 0.29) is 30.3 Å². The van der Waals surface area contributed by atoms with Crippen molar-refractivity contribution in [3.8, 4) is 5.75 Å². The Morgan fingerprint density at radius 2 is 2.03 bits per heavy atom. The highest BCUT2D eigenvalue weighted by Crippen LogP contribution is 2.37. The van der Waals surface area contributed by atoms with Crippen molar-refractivity contribution in [3.05, 3.63) is 35.5 Å². The molecule has 32 heavy (non-hydrogen) atoms. The number of carbonyl (C=O) groups is 1. The van der Waals surface area contributed by atoms with Crippen LogP contribution in [-0.2, 0) is 22.1 Å². The van der Waals surface area contributed by atoms with E-state index >= 15 is 0 Å². The monoisotopic (exact) mass is 453 g/mol. The minimum absolute atomic E-state index is 0.00980. The van der Waals surface area contributed by atoms with Crippen molar-refractivity contribution < 1.29 is 27.4 Å². The van der Waals surface area contributed by atoms with Crippen LogP contribution in [-0.4, -0.2) is 41.2 Å². The van der Waals surface area contributed by atoms with Crippen LogP contribution in [0.4, 0.5) is 30.6 Å². The first-order valence-corrected chi connectivity index (χ1v) is 10.2. The Labute approximate surface area is 183 Å². The fraction of sp³-hybridized carbons (Fsp3) is 0.476. The largest absolute Gasteiger partial charge is 0.495 e. The van der Waals surface area contributed by atoms with Gasteiger partial charge in [-0.25, -0.2) is 4.98 Å². The molecule has 2 aromatic rings. The molecule has 0 unspecified atom stereocenters. The van der Waals surface area contributed by atoms with Gasteiger partial charge in [-0.05, 0) is 50.8 Å². The number of benzene rings is 1. The van der Waals surface area contributed by atoms with Crippen LogP contribution in [0.3, 0.4) is 0 Å². The van der Waals surface area contributed by atoms with E-state index in [2.05, 4.69) is 20.6 Å². The number of hydrogen-bond acceptors (Lipinski definition) is 8. The third kappa shape index (κ3) is 6.22. The summed E-state index contributed by atoms with van der Waals surface area (Å²) in [7, 11) is 1.45. The van der Waals surface area contributed by atoms with Crippen LogP contribution in [0.1, 0.15) is 37.8 Å². The van der Waals surface area contributed by atoms with Crippen LogP contribution < -0.4 is 21.1 Å². The minimum atomic E-state index is -4.56. The molecule has 0 radical (unpaired) electrons. The Balaban J connectivity index is 1.77. The lowest BCUT2D eigenvalue weighted by Gasteiger charge is -2.17. The number of halogens is 3. The van der Waals surface area contributed by atoms with Crippen molar-refractivity contribution in [3.63, 3.8) is 0 Å². The lowest BCUT2D eigenvalue weighted by Crippen LogP contribution is -2.35. The topological polar surface area (TPSA) is 111 Å². The molecule has 8 nitrogen and oxygen atoms in total. The van der Waals surface area contributed by atoms with Crippen molar-refractivity contribution >= 4 is 23.4 Å². The Morgan fingerprint density at radius 3 is 2.62 bits per heavy atom. The second-order valence-electron chi connectivity index (χ2n) is 7.83. The van der Waals surface area contributed by atoms with E-state index in [4.69, 9.17) is 15.2 Å². The van der Waals surface area contributed by atoms with Gasteiger partial charge in [-0.2, -0.15) is 18.2 Å². The molecule has 1 aliphatic rings. The predicted octanol–water partition coefficient (Wildman–Crippen LogP) is 3.64. The second-order valence-corrected chi connectivity index (χ2v) is 7.83. The Morgan fingerprint density at radius 1 is 1.31 bits per heavy atom. The van der Waals surface area contributed by atoms with Gasteiger partial charge in [0.1, 0.15) is 23.2 Å². The maximum Gasteiger partial charge on any atom is 0.421 e. The summed E-state index contributed by atoms with van der Waals surface area (Å²) >= 11 is 0. The molecule has 1 fully saturated rings. The molecule has 0 saturated heterocycles. The number of rotatable bonds is 9. The first-order valence-electron chi connectivity index (χ1n) is 10.2. The SMILES string of the molecule is COc1cc(C[C@H](N)C(=O)OC(C)C)ccc1Nc1ncc(C(F)(F)F)c(NC2CC2)n1. The van der Waals surface area contributed by atoms with Gasteiger partial charge in [0.05, 0.1) is 18.9 Å². The molecule has 1 atom stereocenters. The van der Waals surface area contributed by atoms with E-state index in [0.29, 0.717) is 11.4 Å². The molecular formula is C21H26F3N5O3. The lowest BCUT2D eigenvalue weighted by molar-refractivity contribution is -0.149. The van der Waals surface area contributed by atoms with Gasteiger partial charge in [0.2, 0.25) is 5.95 Å². The van der Waals surface area contributed by atoms with Crippen molar-refractivity contribution in [1.29, 1.82) is 0 Å². The molecule has 0 amide bonds. The van der Waals surface area contributed by atoms with E-state index in [9.17, 15) is 18.0 Å². The van der Waals surface area contributed by atoms with Gasteiger partial charge in [0.25, 0.3) is 0 Å². The number of carbonyl (C=O) groups excluding carboxylic acids is 1. The zero-order valence-electron chi connectivity index (χ0n) is 18.0. The molecule has 4 N–H and O–H groups in total. The summed E-state index contributed by atoms with van der Waals surface area (Å²) in [5.41, 5.74) is 6.17. The van der Waals surface area contributed by atoms with Gasteiger partial charge in [-0.1, -0.05) is 6.07 Å². The fourth-order valence-electron chi connectivity index (χ4n) is 2.92. The summed E-state index contributed by atoms with van der Waals surface area (Å²) in [6, 6.07) is 4.21. The van der Waals surface area contributed by atoms with Crippen molar-refractivity contribution in [2.24, 2.45) is 5.73 Å². The zero-order chi connectivity index (χ0) is 23.5. The molecule has 0 bridgehead atoms. The zero-order valence-corrected chi connectivity index (χ0v) is 18.0. The van der Waals surface area contributed by atoms with Gasteiger partial charge in [-0.3, -0.25) is 4.79 Å². The van der Waals surface area contributed by atoms with Crippen molar-refractivity contribution in [1.82, 2.24) is 9.97 Å². The van der Waals surface area contributed by atoms with Gasteiger partial charge in [0, 0.05) is 12.2 Å². The maximum absolute atomic E-state index is 13.3. The second kappa shape index (κ2) is 9.60. The minimum Gasteiger partial charge on any atom is -0.495 e. The number of aromatic nitrogens is 2. The molecule has 0 spiro atoms. The quantitative estimate of drug-likeness (QED) is 0.494. The average molecular weight is 453 g/mol. The van der Waals surface area contributed by atoms with Crippen LogP contribution in [0.5, 0.6) is 5.75 Å². The molecule has 1 aromatic heterocycles. The van der Waals surface area contributed by atoms with E-state index in [1.807, 2.05) is 0 Å². The highest BCUT2D eigenvalue weighted by molar-refractivity contribution is 5.76. The van der Waals surface area contributed by atoms with Gasteiger partial charge < -0.3 is 25.8 Å². The Kier molecular flexibility index (Phi) is 7.07. The first-order chi connectivity index (χ1) is 15.1. The summed E-state index contributed by atoms with van der Waals surface area (Å²) in [4.78, 5) is 19.8. The summed E-state index contributed by atoms with van der Waals surface area (Å²) in [6.45, 7) is 3.48. The number of ether oxygens (including phenoxy) is 2. The summed E-state index contributed by atoms with van der Waals surface area (Å²) in [6.07, 6.45) is -2.25. The van der Waals surface area contributed by atoms with E-state index in [1.165, 1.54) is 7.11 Å². The number of methoxy groups -OCH3 is 1. The van der Waals surface area contributed by atoms with Gasteiger partial charge in [0.15, 0.2) is 0 Å². The number of nitrogens with zero attached hydrogens (tertiary/aromatic N) is 2. The number of alkyl halides is 3. The Hall–Kier alpha value is -3.08. The smallest absolute Gasteiger partial charge is 0.421 e. The molecule has 1 aromatic carbocycles. The summed E-state index contributed by atoms with van der Waals surface area (Å²) < 4.78 is 50.3. The van der Waals surface area contributed by atoms with Crippen molar-refractivity contribution in [2.75, 3.05) is 17.7 Å². The molecule has 174 valence electrons. The number of esters is 1. The van der Waals surface area contributed by atoms with Crippen LogP contribution in [0.15, 0.2) is 24.4 Å². The third-order valence-electron chi connectivity index (χ3n) is 4.63. The molecule has 1 heterocycles. The van der Waals surface area contributed by atoms with E-state index in [0.717, 1.165) is 24.6 Å². The molecule has 0 aliphatic heterocycles. The number of hydrogen-bond donors (Lipinski definition) is 3. The molecule has 1 aliphatic carbocycles. The number of anilines is 3. The number of nitrogens with two attached hydrogens (primary N) is 1. The van der Waals surface area contributed by atoms with Crippen molar-refractivity contribution in [2.45, 2.75) is 57.5 Å². The van der Waals surface area contributed by atoms with Crippen LogP contribution in [0.2, 0.25) is 0 Å². The van der Waals surface area contributed by atoms with E-state index in [1.54, 1.807) is 32.0 Å². The standard InChI is InChI=1S/C21H26F3N5O3/c1-11(2)32-19(30)15(25)8-12-4-7-16(17(9-12)31-3)28-20-26-10-14(21(22,23)24)18(29-20)27-13-5-6-13/h4,7,9-11,13,15H,5-6,8,25H2,1-3H3,(H2,26,27,28,29)/t15-/m0/s1. The average Bonchev–Trinajstić information content (AvgIpc) is 3.51. The highest BCUT2D eigenvalue weighted by atomic mass is 19.4. The molecule has 1 saturated carbocycles. The molecule has 11 heteroatoms. The molecular weight excluding hydrogens is 427 g/mol. The van der Waals surface area contributed by atoms with Crippen LogP contribution in [0, 0.1) is 0 Å². The first kappa shape index (κ1) is 23.6. The van der Waals surface area contributed by atoms with Gasteiger partial charge in [-0.15, -0.1) is 0 Å².